The van der Waals surface area contributed by atoms with E-state index >= 15 is 0 Å². The summed E-state index contributed by atoms with van der Waals surface area (Å²) >= 11 is 1.35. The van der Waals surface area contributed by atoms with Crippen molar-refractivity contribution in [3.8, 4) is 0 Å². The van der Waals surface area contributed by atoms with Crippen molar-refractivity contribution >= 4 is 44.8 Å². The summed E-state index contributed by atoms with van der Waals surface area (Å²) in [6.45, 7) is 5.09. The number of nitrogen functional groups attached to an aromatic ring is 1. The molecule has 3 N–H and O–H groups in total. The maximum absolute atomic E-state index is 12.9. The van der Waals surface area contributed by atoms with Crippen molar-refractivity contribution in [2.75, 3.05) is 23.7 Å². The molecule has 0 atom stereocenters. The maximum atomic E-state index is 12.9. The van der Waals surface area contributed by atoms with Gasteiger partial charge in [-0.1, -0.05) is 5.10 Å². The molecule has 0 unspecified atom stereocenters. The van der Waals surface area contributed by atoms with Crippen LogP contribution in [0.25, 0.3) is 15.9 Å². The Balaban J connectivity index is 1.21. The predicted octanol–water partition coefficient (Wildman–Crippen LogP) is 2.02. The molecule has 0 radical (unpaired) electrons. The number of carbonyl (C=O) groups excluding carboxylic acids is 1. The standard InChI is InChI=1S/C19H20N8O2S/c1-8-5-12-21-9(2)25-27(12)18-13(8)14(20)15(30-18)16(28)22-11-6-26(7-11)19-24-23-17(29-19)10-3-4-10/h5,10-11H,3-4,6-7,20H2,1-2H3,(H,22,28). The second kappa shape index (κ2) is 6.14. The van der Waals surface area contributed by atoms with Crippen LogP contribution in [0.3, 0.4) is 0 Å². The molecule has 1 saturated heterocycles. The molecule has 11 heteroatoms. The van der Waals surface area contributed by atoms with Gasteiger partial charge in [0.2, 0.25) is 5.89 Å². The molecule has 154 valence electrons. The van der Waals surface area contributed by atoms with Crippen LogP contribution in [0.5, 0.6) is 0 Å². The van der Waals surface area contributed by atoms with Gasteiger partial charge in [0, 0.05) is 24.4 Å². The number of rotatable bonds is 4. The molecule has 4 aromatic rings. The van der Waals surface area contributed by atoms with Crippen LogP contribution in [0.2, 0.25) is 0 Å². The highest BCUT2D eigenvalue weighted by atomic mass is 32.1. The Labute approximate surface area is 175 Å². The molecule has 2 fully saturated rings. The number of hydrogen-bond acceptors (Lipinski definition) is 9. The third kappa shape index (κ3) is 2.65. The Morgan fingerprint density at radius 2 is 2.10 bits per heavy atom. The summed E-state index contributed by atoms with van der Waals surface area (Å²) in [5.74, 6) is 1.66. The molecule has 1 saturated carbocycles. The van der Waals surface area contributed by atoms with Gasteiger partial charge in [-0.2, -0.15) is 5.10 Å². The molecular weight excluding hydrogens is 404 g/mol. The van der Waals surface area contributed by atoms with Crippen LogP contribution in [0.1, 0.15) is 45.7 Å². The zero-order valence-electron chi connectivity index (χ0n) is 16.5. The fourth-order valence-electron chi connectivity index (χ4n) is 3.90. The molecule has 5 heterocycles. The van der Waals surface area contributed by atoms with Gasteiger partial charge in [-0.3, -0.25) is 4.79 Å². The zero-order valence-corrected chi connectivity index (χ0v) is 17.4. The highest BCUT2D eigenvalue weighted by Gasteiger charge is 2.35. The Morgan fingerprint density at radius 3 is 2.87 bits per heavy atom. The number of nitrogens with one attached hydrogen (secondary N) is 1. The summed E-state index contributed by atoms with van der Waals surface area (Å²) in [5.41, 5.74) is 8.60. The van der Waals surface area contributed by atoms with Crippen LogP contribution in [0.4, 0.5) is 11.7 Å². The summed E-state index contributed by atoms with van der Waals surface area (Å²) in [6, 6.07) is 2.48. The van der Waals surface area contributed by atoms with E-state index in [1.165, 1.54) is 11.3 Å². The van der Waals surface area contributed by atoms with E-state index < -0.39 is 0 Å². The lowest BCUT2D eigenvalue weighted by Gasteiger charge is -2.37. The molecular formula is C19H20N8O2S. The van der Waals surface area contributed by atoms with Gasteiger partial charge in [-0.05, 0) is 38.3 Å². The number of aromatic nitrogens is 5. The molecule has 0 spiro atoms. The summed E-state index contributed by atoms with van der Waals surface area (Å²) in [7, 11) is 0. The van der Waals surface area contributed by atoms with Crippen molar-refractivity contribution in [2.45, 2.75) is 38.6 Å². The molecule has 1 amide bonds. The minimum atomic E-state index is -0.174. The first-order valence-corrected chi connectivity index (χ1v) is 10.7. The number of thiophene rings is 1. The number of hydrogen-bond donors (Lipinski definition) is 2. The van der Waals surface area contributed by atoms with Crippen LogP contribution in [-0.2, 0) is 0 Å². The molecule has 0 aromatic carbocycles. The monoisotopic (exact) mass is 424 g/mol. The van der Waals surface area contributed by atoms with E-state index in [-0.39, 0.29) is 11.9 Å². The molecule has 2 aliphatic rings. The Bertz CT molecular complexity index is 1310. The second-order valence-electron chi connectivity index (χ2n) is 8.05. The topological polar surface area (TPSA) is 127 Å². The van der Waals surface area contributed by atoms with Crippen LogP contribution in [-0.4, -0.2) is 49.8 Å². The molecule has 10 nitrogen and oxygen atoms in total. The van der Waals surface area contributed by atoms with Gasteiger partial charge in [-0.15, -0.1) is 16.4 Å². The van der Waals surface area contributed by atoms with Crippen molar-refractivity contribution < 1.29 is 9.21 Å². The Hall–Kier alpha value is -3.21. The van der Waals surface area contributed by atoms with E-state index in [4.69, 9.17) is 10.2 Å². The third-order valence-corrected chi connectivity index (χ3v) is 6.83. The van der Waals surface area contributed by atoms with Crippen LogP contribution in [0, 0.1) is 13.8 Å². The summed E-state index contributed by atoms with van der Waals surface area (Å²) in [4.78, 5) is 20.7. The normalized spacial score (nSPS) is 17.1. The fraction of sp³-hybridized carbons (Fsp3) is 0.421. The van der Waals surface area contributed by atoms with Crippen LogP contribution < -0.4 is 16.0 Å². The van der Waals surface area contributed by atoms with Crippen molar-refractivity contribution in [1.82, 2.24) is 30.1 Å². The van der Waals surface area contributed by atoms with E-state index in [1.807, 2.05) is 24.8 Å². The SMILES string of the molecule is Cc1nc2cc(C)c3c(N)c(C(=O)NC4CN(c5nnc(C6CC6)o5)C4)sc3n2n1. The zero-order chi connectivity index (χ0) is 20.6. The van der Waals surface area contributed by atoms with E-state index in [2.05, 4.69) is 25.6 Å². The minimum absolute atomic E-state index is 0.00752. The van der Waals surface area contributed by atoms with Crippen molar-refractivity contribution in [3.05, 3.63) is 28.2 Å². The predicted molar refractivity (Wildman–Crippen MR) is 112 cm³/mol. The lowest BCUT2D eigenvalue weighted by Crippen LogP contribution is -2.59. The van der Waals surface area contributed by atoms with Gasteiger partial charge in [0.1, 0.15) is 15.5 Å². The number of anilines is 2. The smallest absolute Gasteiger partial charge is 0.318 e. The highest BCUT2D eigenvalue weighted by Crippen LogP contribution is 2.40. The van der Waals surface area contributed by atoms with E-state index in [0.29, 0.717) is 41.4 Å². The average Bonchev–Trinajstić information content (AvgIpc) is 3.12. The first-order chi connectivity index (χ1) is 14.5. The lowest BCUT2D eigenvalue weighted by molar-refractivity contribution is 0.0934. The largest absolute Gasteiger partial charge is 0.408 e. The number of pyridine rings is 1. The quantitative estimate of drug-likeness (QED) is 0.509. The Kier molecular flexibility index (Phi) is 3.61. The first kappa shape index (κ1) is 17.6. The fourth-order valence-corrected chi connectivity index (χ4v) is 5.05. The maximum Gasteiger partial charge on any atom is 0.318 e. The van der Waals surface area contributed by atoms with Gasteiger partial charge in [0.25, 0.3) is 5.91 Å². The average molecular weight is 424 g/mol. The molecule has 6 rings (SSSR count). The molecule has 30 heavy (non-hydrogen) atoms. The molecule has 1 aliphatic heterocycles. The van der Waals surface area contributed by atoms with Gasteiger partial charge >= 0.3 is 6.01 Å². The number of nitrogens with two attached hydrogens (primary N) is 1. The minimum Gasteiger partial charge on any atom is -0.408 e. The number of nitrogens with zero attached hydrogens (tertiary/aromatic N) is 6. The van der Waals surface area contributed by atoms with Gasteiger partial charge in [0.15, 0.2) is 5.65 Å². The molecule has 1 aliphatic carbocycles. The Morgan fingerprint density at radius 1 is 1.30 bits per heavy atom. The summed E-state index contributed by atoms with van der Waals surface area (Å²) < 4.78 is 7.48. The van der Waals surface area contributed by atoms with Gasteiger partial charge in [-0.25, -0.2) is 9.50 Å². The summed E-state index contributed by atoms with van der Waals surface area (Å²) in [5, 5.41) is 16.6. The second-order valence-corrected chi connectivity index (χ2v) is 9.05. The van der Waals surface area contributed by atoms with E-state index in [0.717, 1.165) is 40.2 Å². The van der Waals surface area contributed by atoms with Crippen LogP contribution >= 0.6 is 11.3 Å². The third-order valence-electron chi connectivity index (χ3n) is 5.65. The molecule has 0 bridgehead atoms. The molecule has 4 aromatic heterocycles. The number of aryl methyl sites for hydroxylation is 2. The number of fused-ring (bicyclic) bond motifs is 3. The lowest BCUT2D eigenvalue weighted by atomic mass is 10.1. The summed E-state index contributed by atoms with van der Waals surface area (Å²) in [6.07, 6.45) is 2.24. The van der Waals surface area contributed by atoms with E-state index in [9.17, 15) is 4.79 Å². The van der Waals surface area contributed by atoms with Crippen molar-refractivity contribution in [2.24, 2.45) is 0 Å². The van der Waals surface area contributed by atoms with E-state index in [1.54, 1.807) is 4.52 Å². The first-order valence-electron chi connectivity index (χ1n) is 9.92. The van der Waals surface area contributed by atoms with Gasteiger partial charge in [0.05, 0.1) is 11.7 Å². The van der Waals surface area contributed by atoms with Crippen molar-refractivity contribution in [3.63, 3.8) is 0 Å². The van der Waals surface area contributed by atoms with Crippen molar-refractivity contribution in [1.29, 1.82) is 0 Å². The van der Waals surface area contributed by atoms with Gasteiger partial charge < -0.3 is 20.4 Å². The van der Waals surface area contributed by atoms with Crippen LogP contribution in [0.15, 0.2) is 10.5 Å². The number of amides is 1. The highest BCUT2D eigenvalue weighted by molar-refractivity contribution is 7.21. The number of carbonyl (C=O) groups is 1.